The molecule has 1 aromatic carbocycles. The quantitative estimate of drug-likeness (QED) is 0.452. The Kier molecular flexibility index (Phi) is 7.44. The zero-order chi connectivity index (χ0) is 23.2. The standard InChI is InChI=1S/C25H30N4O3S/c1-17(18-10-12-26-13-11-18)28-29-21(16-33-25(29)27-20-8-6-5-7-9-20)19-14-22(30-2)24(32-4)23(15-19)31-3/h10-16,20H,5-9H2,1-4H3. The smallest absolute Gasteiger partial charge is 0.206 e. The van der Waals surface area contributed by atoms with Gasteiger partial charge in [0, 0.05) is 28.9 Å². The van der Waals surface area contributed by atoms with Crippen LogP contribution in [0.2, 0.25) is 0 Å². The average Bonchev–Trinajstić information content (AvgIpc) is 3.25. The summed E-state index contributed by atoms with van der Waals surface area (Å²) in [5.74, 6) is 1.77. The number of nitrogens with zero attached hydrogens (tertiary/aromatic N) is 4. The molecule has 174 valence electrons. The molecule has 0 N–H and O–H groups in total. The van der Waals surface area contributed by atoms with Gasteiger partial charge in [-0.05, 0) is 44.0 Å². The second-order valence-electron chi connectivity index (χ2n) is 7.97. The van der Waals surface area contributed by atoms with E-state index in [4.69, 9.17) is 24.3 Å². The van der Waals surface area contributed by atoms with Gasteiger partial charge < -0.3 is 14.2 Å². The minimum Gasteiger partial charge on any atom is -0.493 e. The van der Waals surface area contributed by atoms with Crippen LogP contribution in [0.3, 0.4) is 0 Å². The van der Waals surface area contributed by atoms with Crippen LogP contribution in [-0.2, 0) is 0 Å². The molecular weight excluding hydrogens is 436 g/mol. The van der Waals surface area contributed by atoms with Gasteiger partial charge in [0.25, 0.3) is 0 Å². The van der Waals surface area contributed by atoms with Crippen LogP contribution in [0, 0.1) is 0 Å². The molecule has 8 heteroatoms. The van der Waals surface area contributed by atoms with Gasteiger partial charge in [-0.15, -0.1) is 11.3 Å². The highest BCUT2D eigenvalue weighted by atomic mass is 32.1. The number of aromatic nitrogens is 2. The summed E-state index contributed by atoms with van der Waals surface area (Å²) in [5.41, 5.74) is 3.73. The molecule has 0 spiro atoms. The van der Waals surface area contributed by atoms with E-state index < -0.39 is 0 Å². The zero-order valence-electron chi connectivity index (χ0n) is 19.6. The van der Waals surface area contributed by atoms with Crippen molar-refractivity contribution in [2.45, 2.75) is 45.1 Å². The molecule has 7 nitrogen and oxygen atoms in total. The molecule has 0 unspecified atom stereocenters. The van der Waals surface area contributed by atoms with Crippen LogP contribution < -0.4 is 19.0 Å². The van der Waals surface area contributed by atoms with Crippen LogP contribution in [0.5, 0.6) is 17.2 Å². The molecule has 0 amide bonds. The Morgan fingerprint density at radius 1 is 1.00 bits per heavy atom. The third-order valence-electron chi connectivity index (χ3n) is 5.86. The van der Waals surface area contributed by atoms with Gasteiger partial charge in [-0.3, -0.25) is 9.98 Å². The fourth-order valence-corrected chi connectivity index (χ4v) is 4.98. The lowest BCUT2D eigenvalue weighted by molar-refractivity contribution is 0.324. The number of hydrogen-bond donors (Lipinski definition) is 0. The van der Waals surface area contributed by atoms with E-state index in [0.29, 0.717) is 23.3 Å². The minimum atomic E-state index is 0.341. The summed E-state index contributed by atoms with van der Waals surface area (Å²) in [6.45, 7) is 2.00. The number of methoxy groups -OCH3 is 3. The molecule has 1 fully saturated rings. The third kappa shape index (κ3) is 5.11. The van der Waals surface area contributed by atoms with E-state index in [1.807, 2.05) is 35.9 Å². The fourth-order valence-electron chi connectivity index (χ4n) is 4.08. The van der Waals surface area contributed by atoms with E-state index in [1.54, 1.807) is 45.1 Å². The van der Waals surface area contributed by atoms with Crippen LogP contribution >= 0.6 is 11.3 Å². The van der Waals surface area contributed by atoms with E-state index in [-0.39, 0.29) is 0 Å². The second-order valence-corrected chi connectivity index (χ2v) is 8.81. The first-order valence-corrected chi connectivity index (χ1v) is 12.0. The maximum Gasteiger partial charge on any atom is 0.206 e. The van der Waals surface area contributed by atoms with E-state index >= 15 is 0 Å². The van der Waals surface area contributed by atoms with Gasteiger partial charge in [0.05, 0.1) is 38.8 Å². The average molecular weight is 467 g/mol. The first-order valence-electron chi connectivity index (χ1n) is 11.1. The van der Waals surface area contributed by atoms with Crippen LogP contribution in [0.4, 0.5) is 0 Å². The predicted molar refractivity (Wildman–Crippen MR) is 132 cm³/mol. The van der Waals surface area contributed by atoms with Crippen molar-refractivity contribution in [3.8, 4) is 28.5 Å². The third-order valence-corrected chi connectivity index (χ3v) is 6.69. The lowest BCUT2D eigenvalue weighted by Crippen LogP contribution is -2.19. The van der Waals surface area contributed by atoms with Crippen molar-refractivity contribution in [1.82, 2.24) is 9.66 Å². The highest BCUT2D eigenvalue weighted by Crippen LogP contribution is 2.41. The molecule has 2 heterocycles. The molecule has 0 aliphatic heterocycles. The summed E-state index contributed by atoms with van der Waals surface area (Å²) in [6, 6.07) is 8.15. The zero-order valence-corrected chi connectivity index (χ0v) is 20.4. The topological polar surface area (TPSA) is 70.2 Å². The normalized spacial score (nSPS) is 15.5. The summed E-state index contributed by atoms with van der Waals surface area (Å²) < 4.78 is 18.6. The van der Waals surface area contributed by atoms with Crippen LogP contribution in [0.1, 0.15) is 44.6 Å². The van der Waals surface area contributed by atoms with Gasteiger partial charge in [0.1, 0.15) is 0 Å². The van der Waals surface area contributed by atoms with Crippen molar-refractivity contribution in [2.24, 2.45) is 10.1 Å². The lowest BCUT2D eigenvalue weighted by atomic mass is 9.96. The van der Waals surface area contributed by atoms with Crippen molar-refractivity contribution < 1.29 is 14.2 Å². The number of benzene rings is 1. The molecular formula is C25H30N4O3S. The lowest BCUT2D eigenvalue weighted by Gasteiger charge is -2.17. The Morgan fingerprint density at radius 3 is 2.27 bits per heavy atom. The van der Waals surface area contributed by atoms with Gasteiger partial charge >= 0.3 is 0 Å². The molecule has 0 saturated heterocycles. The van der Waals surface area contributed by atoms with Crippen molar-refractivity contribution in [3.05, 3.63) is 52.4 Å². The number of thiazole rings is 1. The molecule has 1 aliphatic rings. The highest BCUT2D eigenvalue weighted by molar-refractivity contribution is 7.07. The van der Waals surface area contributed by atoms with Crippen molar-refractivity contribution in [3.63, 3.8) is 0 Å². The SMILES string of the molecule is COc1cc(-c2csc(=NC3CCCCC3)n2N=C(C)c2ccncc2)cc(OC)c1OC. The number of ether oxygens (including phenoxy) is 3. The Morgan fingerprint density at radius 2 is 1.67 bits per heavy atom. The number of hydrogen-bond acceptors (Lipinski definition) is 7. The fraction of sp³-hybridized carbons (Fsp3) is 0.400. The predicted octanol–water partition coefficient (Wildman–Crippen LogP) is 5.14. The minimum absolute atomic E-state index is 0.341. The van der Waals surface area contributed by atoms with Gasteiger partial charge in [0.2, 0.25) is 10.6 Å². The van der Waals surface area contributed by atoms with Crippen molar-refractivity contribution >= 4 is 17.0 Å². The molecule has 0 radical (unpaired) electrons. The summed E-state index contributed by atoms with van der Waals surface area (Å²) in [5, 5.41) is 7.08. The molecule has 2 aromatic heterocycles. The Bertz CT molecular complexity index is 1150. The van der Waals surface area contributed by atoms with Gasteiger partial charge in [0.15, 0.2) is 11.5 Å². The largest absolute Gasteiger partial charge is 0.493 e. The van der Waals surface area contributed by atoms with Gasteiger partial charge in [-0.1, -0.05) is 19.3 Å². The summed E-state index contributed by atoms with van der Waals surface area (Å²) >= 11 is 1.60. The van der Waals surface area contributed by atoms with Gasteiger partial charge in [-0.2, -0.15) is 5.10 Å². The number of rotatable bonds is 7. The Hall–Kier alpha value is -3.13. The summed E-state index contributed by atoms with van der Waals surface area (Å²) in [6.07, 6.45) is 9.58. The summed E-state index contributed by atoms with van der Waals surface area (Å²) in [7, 11) is 4.85. The second kappa shape index (κ2) is 10.7. The van der Waals surface area contributed by atoms with Crippen LogP contribution in [0.15, 0.2) is 52.1 Å². The maximum atomic E-state index is 5.58. The molecule has 4 rings (SSSR count). The van der Waals surface area contributed by atoms with Crippen molar-refractivity contribution in [2.75, 3.05) is 21.3 Å². The van der Waals surface area contributed by atoms with E-state index in [1.165, 1.54) is 19.3 Å². The molecule has 3 aromatic rings. The van der Waals surface area contributed by atoms with E-state index in [2.05, 4.69) is 10.4 Å². The van der Waals surface area contributed by atoms with E-state index in [9.17, 15) is 0 Å². The molecule has 1 saturated carbocycles. The number of pyridine rings is 1. The van der Waals surface area contributed by atoms with E-state index in [0.717, 1.165) is 40.2 Å². The first-order chi connectivity index (χ1) is 16.1. The monoisotopic (exact) mass is 466 g/mol. The van der Waals surface area contributed by atoms with Crippen molar-refractivity contribution in [1.29, 1.82) is 0 Å². The molecule has 0 bridgehead atoms. The summed E-state index contributed by atoms with van der Waals surface area (Å²) in [4.78, 5) is 10.1. The molecule has 1 aliphatic carbocycles. The molecule has 33 heavy (non-hydrogen) atoms. The Balaban J connectivity index is 1.88. The highest BCUT2D eigenvalue weighted by Gasteiger charge is 2.18. The van der Waals surface area contributed by atoms with Crippen LogP contribution in [0.25, 0.3) is 11.3 Å². The first kappa shape index (κ1) is 23.0. The van der Waals surface area contributed by atoms with Gasteiger partial charge in [-0.25, -0.2) is 4.68 Å². The Labute approximate surface area is 198 Å². The molecule has 0 atom stereocenters. The maximum absolute atomic E-state index is 5.58. The van der Waals surface area contributed by atoms with Crippen LogP contribution in [-0.4, -0.2) is 42.7 Å².